The molecule has 2 saturated carbocycles. The van der Waals surface area contributed by atoms with Gasteiger partial charge in [-0.2, -0.15) is 4.98 Å². The van der Waals surface area contributed by atoms with Gasteiger partial charge in [-0.1, -0.05) is 42.4 Å². The fourth-order valence-electron chi connectivity index (χ4n) is 4.75. The van der Waals surface area contributed by atoms with Gasteiger partial charge in [0.1, 0.15) is 0 Å². The van der Waals surface area contributed by atoms with Crippen LogP contribution in [0.1, 0.15) is 55.3 Å². The standard InChI is InChI=1S/C20H24N4O2/c1-2-18-22-19(26-23-18)15-8-12-9-17(15)24(11-12)20(25)21-16-10-14(16)13-6-4-3-5-7-13/h3-7,12,14-17H,2,8-11H2,1H3,(H,21,25). The minimum absolute atomic E-state index is 0.0702. The Balaban J connectivity index is 1.24. The highest BCUT2D eigenvalue weighted by Crippen LogP contribution is 2.47. The summed E-state index contributed by atoms with van der Waals surface area (Å²) in [5.41, 5.74) is 1.32. The Morgan fingerprint density at radius 1 is 1.23 bits per heavy atom. The number of amides is 2. The molecule has 136 valence electrons. The van der Waals surface area contributed by atoms with Crippen LogP contribution in [0, 0.1) is 5.92 Å². The SMILES string of the molecule is CCc1noc(C2CC3CC2N(C(=O)NC2CC2c2ccccc2)C3)n1. The number of hydrogen-bond donors (Lipinski definition) is 1. The van der Waals surface area contributed by atoms with Crippen LogP contribution < -0.4 is 5.32 Å². The molecule has 3 aliphatic rings. The largest absolute Gasteiger partial charge is 0.339 e. The number of carbonyl (C=O) groups is 1. The van der Waals surface area contributed by atoms with Crippen molar-refractivity contribution >= 4 is 6.03 Å². The number of fused-ring (bicyclic) bond motifs is 2. The van der Waals surface area contributed by atoms with E-state index in [1.165, 1.54) is 5.56 Å². The predicted molar refractivity (Wildman–Crippen MR) is 95.8 cm³/mol. The first-order chi connectivity index (χ1) is 12.7. The molecule has 1 aromatic heterocycles. The summed E-state index contributed by atoms with van der Waals surface area (Å²) in [6.45, 7) is 2.87. The van der Waals surface area contributed by atoms with Gasteiger partial charge in [-0.05, 0) is 30.7 Å². The Kier molecular flexibility index (Phi) is 3.72. The zero-order valence-corrected chi connectivity index (χ0v) is 15.0. The van der Waals surface area contributed by atoms with Crippen molar-refractivity contribution in [3.8, 4) is 0 Å². The lowest BCUT2D eigenvalue weighted by atomic mass is 9.98. The second-order valence-electron chi connectivity index (χ2n) is 7.87. The number of nitrogens with one attached hydrogen (secondary N) is 1. The first-order valence-electron chi connectivity index (χ1n) is 9.67. The highest BCUT2D eigenvalue weighted by atomic mass is 16.5. The topological polar surface area (TPSA) is 71.3 Å². The van der Waals surface area contributed by atoms with Gasteiger partial charge in [0.15, 0.2) is 5.82 Å². The summed E-state index contributed by atoms with van der Waals surface area (Å²) in [4.78, 5) is 19.4. The number of likely N-dealkylation sites (tertiary alicyclic amines) is 1. The first kappa shape index (κ1) is 15.9. The van der Waals surface area contributed by atoms with Crippen molar-refractivity contribution in [1.82, 2.24) is 20.4 Å². The Hall–Kier alpha value is -2.37. The molecule has 2 heterocycles. The van der Waals surface area contributed by atoms with Crippen molar-refractivity contribution in [3.05, 3.63) is 47.6 Å². The van der Waals surface area contributed by atoms with Gasteiger partial charge in [0.25, 0.3) is 0 Å². The van der Waals surface area contributed by atoms with Gasteiger partial charge in [0.2, 0.25) is 5.89 Å². The van der Waals surface area contributed by atoms with E-state index >= 15 is 0 Å². The lowest BCUT2D eigenvalue weighted by Crippen LogP contribution is -2.47. The van der Waals surface area contributed by atoms with Crippen molar-refractivity contribution in [2.24, 2.45) is 5.92 Å². The van der Waals surface area contributed by atoms with E-state index in [9.17, 15) is 4.79 Å². The van der Waals surface area contributed by atoms with E-state index in [0.29, 0.717) is 17.7 Å². The second-order valence-corrected chi connectivity index (χ2v) is 7.87. The molecule has 1 aliphatic heterocycles. The summed E-state index contributed by atoms with van der Waals surface area (Å²) in [7, 11) is 0. The third kappa shape index (κ3) is 2.68. The molecule has 1 N–H and O–H groups in total. The Labute approximate surface area is 153 Å². The Morgan fingerprint density at radius 3 is 2.81 bits per heavy atom. The summed E-state index contributed by atoms with van der Waals surface area (Å²) in [6.07, 6.45) is 3.91. The van der Waals surface area contributed by atoms with Crippen molar-refractivity contribution in [3.63, 3.8) is 0 Å². The molecule has 5 unspecified atom stereocenters. The molecule has 2 bridgehead atoms. The molecule has 1 aromatic carbocycles. The molecule has 5 rings (SSSR count). The quantitative estimate of drug-likeness (QED) is 0.918. The van der Waals surface area contributed by atoms with Crippen molar-refractivity contribution in [2.45, 2.75) is 56.5 Å². The van der Waals surface area contributed by atoms with Crippen LogP contribution in [-0.4, -0.2) is 39.7 Å². The molecule has 0 radical (unpaired) electrons. The minimum Gasteiger partial charge on any atom is -0.339 e. The number of carbonyl (C=O) groups excluding carboxylic acids is 1. The van der Waals surface area contributed by atoms with E-state index in [0.717, 1.165) is 38.1 Å². The second kappa shape index (κ2) is 6.11. The maximum atomic E-state index is 12.8. The molecule has 2 aromatic rings. The number of hydrogen-bond acceptors (Lipinski definition) is 4. The van der Waals surface area contributed by atoms with Gasteiger partial charge < -0.3 is 14.7 Å². The molecule has 26 heavy (non-hydrogen) atoms. The summed E-state index contributed by atoms with van der Waals surface area (Å²) in [5.74, 6) is 2.66. The highest BCUT2D eigenvalue weighted by Gasteiger charge is 2.50. The zero-order chi connectivity index (χ0) is 17.7. The predicted octanol–water partition coefficient (Wildman–Crippen LogP) is 3.08. The molecule has 2 aliphatic carbocycles. The molecule has 6 nitrogen and oxygen atoms in total. The number of rotatable bonds is 4. The third-order valence-electron chi connectivity index (χ3n) is 6.19. The molecule has 2 amide bonds. The van der Waals surface area contributed by atoms with E-state index in [4.69, 9.17) is 4.52 Å². The number of urea groups is 1. The van der Waals surface area contributed by atoms with Crippen LogP contribution in [0.15, 0.2) is 34.9 Å². The fraction of sp³-hybridized carbons (Fsp3) is 0.550. The molecule has 3 fully saturated rings. The lowest BCUT2D eigenvalue weighted by Gasteiger charge is -2.31. The fourth-order valence-corrected chi connectivity index (χ4v) is 4.75. The maximum absolute atomic E-state index is 12.8. The smallest absolute Gasteiger partial charge is 0.317 e. The average molecular weight is 352 g/mol. The van der Waals surface area contributed by atoms with Crippen LogP contribution in [0.4, 0.5) is 4.79 Å². The number of nitrogens with zero attached hydrogens (tertiary/aromatic N) is 3. The van der Waals surface area contributed by atoms with E-state index in [2.05, 4.69) is 39.7 Å². The molecular weight excluding hydrogens is 328 g/mol. The van der Waals surface area contributed by atoms with E-state index in [1.54, 1.807) is 0 Å². The van der Waals surface area contributed by atoms with Crippen LogP contribution in [0.25, 0.3) is 0 Å². The molecule has 6 heteroatoms. The number of aryl methyl sites for hydroxylation is 1. The third-order valence-corrected chi connectivity index (χ3v) is 6.19. The van der Waals surface area contributed by atoms with Crippen molar-refractivity contribution in [1.29, 1.82) is 0 Å². The maximum Gasteiger partial charge on any atom is 0.317 e. The van der Waals surface area contributed by atoms with Crippen LogP contribution in [0.2, 0.25) is 0 Å². The normalized spacial score (nSPS) is 32.0. The first-order valence-corrected chi connectivity index (χ1v) is 9.67. The van der Waals surface area contributed by atoms with Crippen LogP contribution >= 0.6 is 0 Å². The minimum atomic E-state index is 0.0702. The van der Waals surface area contributed by atoms with Gasteiger partial charge in [0.05, 0.1) is 5.92 Å². The van der Waals surface area contributed by atoms with Crippen LogP contribution in [-0.2, 0) is 6.42 Å². The highest BCUT2D eigenvalue weighted by molar-refractivity contribution is 5.76. The molecule has 5 atom stereocenters. The number of aromatic nitrogens is 2. The van der Waals surface area contributed by atoms with Crippen molar-refractivity contribution in [2.75, 3.05) is 6.54 Å². The summed E-state index contributed by atoms with van der Waals surface area (Å²) >= 11 is 0. The summed E-state index contributed by atoms with van der Waals surface area (Å²) in [5, 5.41) is 7.27. The average Bonchev–Trinajstić information content (AvgIpc) is 3.07. The van der Waals surface area contributed by atoms with E-state index in [-0.39, 0.29) is 24.0 Å². The monoisotopic (exact) mass is 352 g/mol. The molecule has 0 spiro atoms. The lowest BCUT2D eigenvalue weighted by molar-refractivity contribution is 0.164. The van der Waals surface area contributed by atoms with Crippen molar-refractivity contribution < 1.29 is 9.32 Å². The van der Waals surface area contributed by atoms with E-state index in [1.807, 2.05) is 17.9 Å². The van der Waals surface area contributed by atoms with Gasteiger partial charge >= 0.3 is 6.03 Å². The number of benzene rings is 1. The summed E-state index contributed by atoms with van der Waals surface area (Å²) in [6, 6.07) is 11.0. The molecular formula is C20H24N4O2. The van der Waals surface area contributed by atoms with Gasteiger partial charge in [-0.3, -0.25) is 0 Å². The Bertz CT molecular complexity index is 805. The van der Waals surface area contributed by atoms with Gasteiger partial charge in [-0.25, -0.2) is 4.79 Å². The van der Waals surface area contributed by atoms with Gasteiger partial charge in [0, 0.05) is 31.0 Å². The number of piperidine rings is 1. The van der Waals surface area contributed by atoms with Crippen LogP contribution in [0.3, 0.4) is 0 Å². The van der Waals surface area contributed by atoms with E-state index < -0.39 is 0 Å². The van der Waals surface area contributed by atoms with Gasteiger partial charge in [-0.15, -0.1) is 0 Å². The molecule has 1 saturated heterocycles. The summed E-state index contributed by atoms with van der Waals surface area (Å²) < 4.78 is 5.47. The Morgan fingerprint density at radius 2 is 2.08 bits per heavy atom. The van der Waals surface area contributed by atoms with Crippen LogP contribution in [0.5, 0.6) is 0 Å². The zero-order valence-electron chi connectivity index (χ0n) is 15.0.